The maximum atomic E-state index is 11.5. The first-order valence-corrected chi connectivity index (χ1v) is 6.34. The lowest BCUT2D eigenvalue weighted by Gasteiger charge is -2.20. The van der Waals surface area contributed by atoms with Crippen LogP contribution in [0.25, 0.3) is 0 Å². The molecule has 1 aromatic rings. The smallest absolute Gasteiger partial charge is 0.339 e. The third-order valence-electron chi connectivity index (χ3n) is 2.66. The molecule has 0 aromatic heterocycles. The molecule has 0 fully saturated rings. The number of hydrogen-bond acceptors (Lipinski definition) is 4. The van der Waals surface area contributed by atoms with Gasteiger partial charge < -0.3 is 14.6 Å². The van der Waals surface area contributed by atoms with E-state index in [0.29, 0.717) is 11.3 Å². The van der Waals surface area contributed by atoms with Gasteiger partial charge >= 0.3 is 5.97 Å². The first-order valence-electron chi connectivity index (χ1n) is 5.55. The fourth-order valence-electron chi connectivity index (χ4n) is 1.86. The summed E-state index contributed by atoms with van der Waals surface area (Å²) in [6, 6.07) is 3.52. The molecule has 0 aliphatic rings. The predicted molar refractivity (Wildman–Crippen MR) is 71.8 cm³/mol. The lowest BCUT2D eigenvalue weighted by Crippen LogP contribution is -2.16. The molecule has 1 atom stereocenters. The highest BCUT2D eigenvalue weighted by Crippen LogP contribution is 2.36. The highest BCUT2D eigenvalue weighted by molar-refractivity contribution is 9.10. The molecule has 5 heteroatoms. The maximum Gasteiger partial charge on any atom is 0.339 e. The molecule has 0 aliphatic heterocycles. The SMILES string of the molecule is COC(=O)C(O)c1cc(Br)cc(OC)c1C(C)C. The van der Waals surface area contributed by atoms with Crippen molar-refractivity contribution in [1.82, 2.24) is 0 Å². The van der Waals surface area contributed by atoms with Crippen LogP contribution in [0.2, 0.25) is 0 Å². The van der Waals surface area contributed by atoms with Gasteiger partial charge in [0.05, 0.1) is 14.2 Å². The second-order valence-electron chi connectivity index (χ2n) is 4.19. The third-order valence-corrected chi connectivity index (χ3v) is 3.11. The average Bonchev–Trinajstić information content (AvgIpc) is 2.35. The Bertz CT molecular complexity index is 443. The summed E-state index contributed by atoms with van der Waals surface area (Å²) < 4.78 is 10.6. The Balaban J connectivity index is 3.40. The number of carbonyl (C=O) groups excluding carboxylic acids is 1. The van der Waals surface area contributed by atoms with Crippen molar-refractivity contribution in [3.8, 4) is 5.75 Å². The second kappa shape index (κ2) is 6.20. The molecule has 100 valence electrons. The summed E-state index contributed by atoms with van der Waals surface area (Å²) in [6.07, 6.45) is -1.31. The molecule has 1 N–H and O–H groups in total. The van der Waals surface area contributed by atoms with Crippen LogP contribution in [0.15, 0.2) is 16.6 Å². The number of carbonyl (C=O) groups is 1. The first-order chi connectivity index (χ1) is 8.42. The molecule has 0 heterocycles. The molecule has 0 radical (unpaired) electrons. The second-order valence-corrected chi connectivity index (χ2v) is 5.11. The van der Waals surface area contributed by atoms with E-state index in [-0.39, 0.29) is 5.92 Å². The van der Waals surface area contributed by atoms with Crippen molar-refractivity contribution in [1.29, 1.82) is 0 Å². The molecule has 0 saturated carbocycles. The van der Waals surface area contributed by atoms with Gasteiger partial charge in [0, 0.05) is 10.0 Å². The summed E-state index contributed by atoms with van der Waals surface area (Å²) in [4.78, 5) is 11.5. The van der Waals surface area contributed by atoms with Crippen LogP contribution in [0.4, 0.5) is 0 Å². The van der Waals surface area contributed by atoms with E-state index in [4.69, 9.17) is 4.74 Å². The Labute approximate surface area is 115 Å². The minimum atomic E-state index is -1.31. The number of ether oxygens (including phenoxy) is 2. The number of aliphatic hydroxyl groups is 1. The van der Waals surface area contributed by atoms with Gasteiger partial charge in [-0.05, 0) is 23.6 Å². The Morgan fingerprint density at radius 2 is 1.94 bits per heavy atom. The van der Waals surface area contributed by atoms with Crippen LogP contribution in [-0.2, 0) is 9.53 Å². The van der Waals surface area contributed by atoms with Gasteiger partial charge in [-0.25, -0.2) is 4.79 Å². The van der Waals surface area contributed by atoms with Gasteiger partial charge in [0.2, 0.25) is 0 Å². The van der Waals surface area contributed by atoms with E-state index in [0.717, 1.165) is 10.0 Å². The zero-order valence-corrected chi connectivity index (χ0v) is 12.4. The van der Waals surface area contributed by atoms with Crippen molar-refractivity contribution < 1.29 is 19.4 Å². The maximum absolute atomic E-state index is 11.5. The molecular weight excluding hydrogens is 300 g/mol. The molecule has 0 bridgehead atoms. The van der Waals surface area contributed by atoms with Crippen LogP contribution in [-0.4, -0.2) is 25.3 Å². The molecule has 0 aliphatic carbocycles. The Morgan fingerprint density at radius 3 is 2.39 bits per heavy atom. The van der Waals surface area contributed by atoms with Gasteiger partial charge in [-0.1, -0.05) is 29.8 Å². The minimum absolute atomic E-state index is 0.113. The molecule has 18 heavy (non-hydrogen) atoms. The van der Waals surface area contributed by atoms with E-state index < -0.39 is 12.1 Å². The Morgan fingerprint density at radius 1 is 1.33 bits per heavy atom. The van der Waals surface area contributed by atoms with Crippen molar-refractivity contribution >= 4 is 21.9 Å². The number of aliphatic hydroxyl groups excluding tert-OH is 1. The summed E-state index contributed by atoms with van der Waals surface area (Å²) in [6.45, 7) is 3.94. The van der Waals surface area contributed by atoms with Gasteiger partial charge in [-0.3, -0.25) is 0 Å². The molecule has 0 amide bonds. The van der Waals surface area contributed by atoms with Crippen molar-refractivity contribution in [2.75, 3.05) is 14.2 Å². The fraction of sp³-hybridized carbons (Fsp3) is 0.462. The van der Waals surface area contributed by atoms with E-state index in [1.54, 1.807) is 13.2 Å². The normalized spacial score (nSPS) is 12.4. The van der Waals surface area contributed by atoms with Crippen LogP contribution in [0.1, 0.15) is 37.0 Å². The molecule has 1 aromatic carbocycles. The number of methoxy groups -OCH3 is 2. The van der Waals surface area contributed by atoms with E-state index in [1.165, 1.54) is 7.11 Å². The van der Waals surface area contributed by atoms with Crippen LogP contribution < -0.4 is 4.74 Å². The monoisotopic (exact) mass is 316 g/mol. The number of rotatable bonds is 4. The molecule has 0 saturated heterocycles. The van der Waals surface area contributed by atoms with Gasteiger partial charge in [0.15, 0.2) is 6.10 Å². The van der Waals surface area contributed by atoms with Gasteiger partial charge in [-0.2, -0.15) is 0 Å². The van der Waals surface area contributed by atoms with Crippen LogP contribution >= 0.6 is 15.9 Å². The van der Waals surface area contributed by atoms with Crippen LogP contribution in [0.3, 0.4) is 0 Å². The molecule has 1 unspecified atom stereocenters. The fourth-order valence-corrected chi connectivity index (χ4v) is 2.32. The zero-order chi connectivity index (χ0) is 13.9. The quantitative estimate of drug-likeness (QED) is 0.868. The Kier molecular flexibility index (Phi) is 5.16. The van der Waals surface area contributed by atoms with Gasteiger partial charge in [-0.15, -0.1) is 0 Å². The first kappa shape index (κ1) is 15.0. The van der Waals surface area contributed by atoms with Gasteiger partial charge in [0.1, 0.15) is 5.75 Å². The zero-order valence-electron chi connectivity index (χ0n) is 10.9. The lowest BCUT2D eigenvalue weighted by atomic mass is 9.93. The number of halogens is 1. The number of benzene rings is 1. The van der Waals surface area contributed by atoms with Crippen molar-refractivity contribution in [3.05, 3.63) is 27.7 Å². The molecule has 1 rings (SSSR count). The highest BCUT2D eigenvalue weighted by atomic mass is 79.9. The van der Waals surface area contributed by atoms with E-state index in [9.17, 15) is 9.90 Å². The summed E-state index contributed by atoms with van der Waals surface area (Å²) in [5, 5.41) is 10.0. The Hall–Kier alpha value is -1.07. The van der Waals surface area contributed by atoms with Gasteiger partial charge in [0.25, 0.3) is 0 Å². The van der Waals surface area contributed by atoms with Crippen molar-refractivity contribution in [3.63, 3.8) is 0 Å². The van der Waals surface area contributed by atoms with E-state index in [1.807, 2.05) is 19.9 Å². The van der Waals surface area contributed by atoms with Crippen LogP contribution in [0, 0.1) is 0 Å². The largest absolute Gasteiger partial charge is 0.496 e. The highest BCUT2D eigenvalue weighted by Gasteiger charge is 2.25. The lowest BCUT2D eigenvalue weighted by molar-refractivity contribution is -0.150. The van der Waals surface area contributed by atoms with Crippen molar-refractivity contribution in [2.24, 2.45) is 0 Å². The topological polar surface area (TPSA) is 55.8 Å². The predicted octanol–water partition coefficient (Wildman–Crippen LogP) is 2.79. The minimum Gasteiger partial charge on any atom is -0.496 e. The summed E-state index contributed by atoms with van der Waals surface area (Å²) in [5.74, 6) is 0.0664. The number of esters is 1. The summed E-state index contributed by atoms with van der Waals surface area (Å²) in [7, 11) is 2.80. The molecule has 0 spiro atoms. The molecule has 4 nitrogen and oxygen atoms in total. The summed E-state index contributed by atoms with van der Waals surface area (Å²) in [5.41, 5.74) is 1.31. The van der Waals surface area contributed by atoms with Crippen molar-refractivity contribution in [2.45, 2.75) is 25.9 Å². The third kappa shape index (κ3) is 3.03. The number of hydrogen-bond donors (Lipinski definition) is 1. The van der Waals surface area contributed by atoms with E-state index >= 15 is 0 Å². The molecular formula is C13H17BrO4. The van der Waals surface area contributed by atoms with E-state index in [2.05, 4.69) is 20.7 Å². The standard InChI is InChI=1S/C13H17BrO4/c1-7(2)11-9(12(15)13(16)18-4)5-8(14)6-10(11)17-3/h5-7,12,15H,1-4H3. The average molecular weight is 317 g/mol. The van der Waals surface area contributed by atoms with Crippen LogP contribution in [0.5, 0.6) is 5.75 Å². The summed E-state index contributed by atoms with van der Waals surface area (Å²) >= 11 is 3.33.